The van der Waals surface area contributed by atoms with Gasteiger partial charge in [-0.05, 0) is 52.9 Å². The highest BCUT2D eigenvalue weighted by molar-refractivity contribution is 5.99. The molecule has 152 valence electrons. The van der Waals surface area contributed by atoms with Crippen LogP contribution in [0.2, 0.25) is 0 Å². The van der Waals surface area contributed by atoms with E-state index in [0.29, 0.717) is 24.2 Å². The number of hydrogen-bond acceptors (Lipinski definition) is 3. The molecule has 0 unspecified atom stereocenters. The van der Waals surface area contributed by atoms with Crippen LogP contribution >= 0.6 is 0 Å². The maximum absolute atomic E-state index is 14.3. The molecule has 0 aliphatic carbocycles. The molecule has 1 aliphatic heterocycles. The van der Waals surface area contributed by atoms with Crippen molar-refractivity contribution in [3.8, 4) is 22.3 Å². The summed E-state index contributed by atoms with van der Waals surface area (Å²) in [6.07, 6.45) is 0. The van der Waals surface area contributed by atoms with Crippen LogP contribution < -0.4 is 0 Å². The quantitative estimate of drug-likeness (QED) is 0.564. The van der Waals surface area contributed by atoms with Gasteiger partial charge in [-0.1, -0.05) is 42.5 Å². The van der Waals surface area contributed by atoms with Crippen molar-refractivity contribution in [2.75, 3.05) is 13.2 Å². The predicted octanol–water partition coefficient (Wildman–Crippen LogP) is 4.99. The van der Waals surface area contributed by atoms with Crippen molar-refractivity contribution in [1.29, 1.82) is 0 Å². The molecule has 3 aromatic carbocycles. The molecule has 1 aliphatic rings. The number of ether oxygens (including phenoxy) is 1. The van der Waals surface area contributed by atoms with Gasteiger partial charge in [-0.25, -0.2) is 4.39 Å². The van der Waals surface area contributed by atoms with Crippen LogP contribution in [0.4, 0.5) is 4.39 Å². The van der Waals surface area contributed by atoms with Gasteiger partial charge in [-0.15, -0.1) is 0 Å². The molecule has 0 aromatic heterocycles. The molecule has 1 heterocycles. The molecule has 0 bridgehead atoms. The first kappa shape index (κ1) is 19.8. The van der Waals surface area contributed by atoms with Crippen molar-refractivity contribution in [2.24, 2.45) is 0 Å². The molecule has 4 nitrogen and oxygen atoms in total. The highest BCUT2D eigenvalue weighted by atomic mass is 19.1. The van der Waals surface area contributed by atoms with Crippen LogP contribution in [0.5, 0.6) is 0 Å². The van der Waals surface area contributed by atoms with E-state index in [1.807, 2.05) is 49.4 Å². The molecule has 0 atom stereocenters. The van der Waals surface area contributed by atoms with Crippen LogP contribution in [0, 0.1) is 12.7 Å². The van der Waals surface area contributed by atoms with Crippen molar-refractivity contribution in [3.05, 3.63) is 83.2 Å². The normalized spacial score (nSPS) is 12.8. The van der Waals surface area contributed by atoms with Crippen molar-refractivity contribution >= 4 is 11.9 Å². The predicted molar refractivity (Wildman–Crippen MR) is 113 cm³/mol. The summed E-state index contributed by atoms with van der Waals surface area (Å²) in [5.41, 5.74) is 6.01. The first-order chi connectivity index (χ1) is 14.5. The minimum atomic E-state index is -0.355. The van der Waals surface area contributed by atoms with Crippen LogP contribution in [0.15, 0.2) is 60.7 Å². The molecule has 4 rings (SSSR count). The van der Waals surface area contributed by atoms with Crippen molar-refractivity contribution in [2.45, 2.75) is 20.4 Å². The lowest BCUT2D eigenvalue weighted by Crippen LogP contribution is -2.28. The summed E-state index contributed by atoms with van der Waals surface area (Å²) in [5, 5.41) is 0. The second kappa shape index (κ2) is 8.11. The third-order valence-corrected chi connectivity index (χ3v) is 5.46. The summed E-state index contributed by atoms with van der Waals surface area (Å²) in [6.45, 7) is 4.37. The Morgan fingerprint density at radius 3 is 2.50 bits per heavy atom. The van der Waals surface area contributed by atoms with Gasteiger partial charge >= 0.3 is 5.97 Å². The highest BCUT2D eigenvalue weighted by Gasteiger charge is 2.27. The number of carbonyl (C=O) groups is 2. The number of rotatable bonds is 5. The fraction of sp³-hybridized carbons (Fsp3) is 0.200. The van der Waals surface area contributed by atoms with Crippen LogP contribution in [0.3, 0.4) is 0 Å². The minimum absolute atomic E-state index is 0.0551. The maximum Gasteiger partial charge on any atom is 0.302 e. The Labute approximate surface area is 174 Å². The second-order valence-electron chi connectivity index (χ2n) is 7.40. The molecule has 0 spiro atoms. The Balaban J connectivity index is 1.64. The number of esters is 1. The van der Waals surface area contributed by atoms with Crippen molar-refractivity contribution in [1.82, 2.24) is 4.90 Å². The van der Waals surface area contributed by atoms with Crippen molar-refractivity contribution < 1.29 is 18.7 Å². The standard InChI is InChI=1S/C25H22FNO3/c1-16-20(7-5-8-21(16)23-6-3-4-9-24(23)26)18-10-11-22-19(14-18)15-27(25(22)29)12-13-30-17(2)28/h3-11,14H,12-13,15H2,1-2H3. The number of nitrogens with zero attached hydrogens (tertiary/aromatic N) is 1. The van der Waals surface area contributed by atoms with Gasteiger partial charge in [0.05, 0.1) is 6.54 Å². The number of benzene rings is 3. The zero-order valence-corrected chi connectivity index (χ0v) is 16.9. The van der Waals surface area contributed by atoms with Crippen molar-refractivity contribution in [3.63, 3.8) is 0 Å². The molecule has 0 N–H and O–H groups in total. The van der Waals surface area contributed by atoms with Gasteiger partial charge in [-0.3, -0.25) is 9.59 Å². The minimum Gasteiger partial charge on any atom is -0.464 e. The Bertz CT molecular complexity index is 1140. The van der Waals surface area contributed by atoms with Crippen LogP contribution in [-0.2, 0) is 16.1 Å². The lowest BCUT2D eigenvalue weighted by molar-refractivity contribution is -0.141. The fourth-order valence-corrected chi connectivity index (χ4v) is 3.95. The summed E-state index contributed by atoms with van der Waals surface area (Å²) in [4.78, 5) is 25.2. The number of hydrogen-bond donors (Lipinski definition) is 0. The van der Waals surface area contributed by atoms with Gasteiger partial charge in [-0.2, -0.15) is 0 Å². The average Bonchev–Trinajstić information content (AvgIpc) is 3.03. The zero-order chi connectivity index (χ0) is 21.3. The average molecular weight is 403 g/mol. The van der Waals surface area contributed by atoms with E-state index < -0.39 is 0 Å². The molecule has 0 saturated carbocycles. The van der Waals surface area contributed by atoms with E-state index >= 15 is 0 Å². The van der Waals surface area contributed by atoms with Gasteiger partial charge in [0.15, 0.2) is 0 Å². The molecular formula is C25H22FNO3. The smallest absolute Gasteiger partial charge is 0.302 e. The number of amides is 1. The summed E-state index contributed by atoms with van der Waals surface area (Å²) in [6, 6.07) is 18.4. The maximum atomic E-state index is 14.3. The number of halogens is 1. The van der Waals surface area contributed by atoms with E-state index in [4.69, 9.17) is 4.74 Å². The van der Waals surface area contributed by atoms with Gasteiger partial charge < -0.3 is 9.64 Å². The van der Waals surface area contributed by atoms with Crippen LogP contribution in [0.1, 0.15) is 28.4 Å². The van der Waals surface area contributed by atoms with E-state index in [0.717, 1.165) is 27.8 Å². The van der Waals surface area contributed by atoms with E-state index in [-0.39, 0.29) is 24.3 Å². The zero-order valence-electron chi connectivity index (χ0n) is 16.9. The molecule has 0 radical (unpaired) electrons. The lowest BCUT2D eigenvalue weighted by Gasteiger charge is -2.14. The van der Waals surface area contributed by atoms with E-state index in [9.17, 15) is 14.0 Å². The number of carbonyl (C=O) groups excluding carboxylic acids is 2. The number of fused-ring (bicyclic) bond motifs is 1. The molecular weight excluding hydrogens is 381 g/mol. The molecule has 0 saturated heterocycles. The molecule has 3 aromatic rings. The van der Waals surface area contributed by atoms with Crippen LogP contribution in [0.25, 0.3) is 22.3 Å². The monoisotopic (exact) mass is 403 g/mol. The third kappa shape index (κ3) is 3.71. The largest absolute Gasteiger partial charge is 0.464 e. The van der Waals surface area contributed by atoms with Gasteiger partial charge in [0.1, 0.15) is 12.4 Å². The summed E-state index contributed by atoms with van der Waals surface area (Å²) >= 11 is 0. The first-order valence-electron chi connectivity index (χ1n) is 9.86. The highest BCUT2D eigenvalue weighted by Crippen LogP contribution is 2.35. The summed E-state index contributed by atoms with van der Waals surface area (Å²) < 4.78 is 19.3. The van der Waals surface area contributed by atoms with Gasteiger partial charge in [0.2, 0.25) is 0 Å². The third-order valence-electron chi connectivity index (χ3n) is 5.46. The Morgan fingerprint density at radius 1 is 1.00 bits per heavy atom. The fourth-order valence-electron chi connectivity index (χ4n) is 3.95. The Morgan fingerprint density at radius 2 is 1.73 bits per heavy atom. The van der Waals surface area contributed by atoms with E-state index in [1.54, 1.807) is 17.0 Å². The lowest BCUT2D eigenvalue weighted by atomic mass is 9.91. The second-order valence-corrected chi connectivity index (χ2v) is 7.40. The Hall–Kier alpha value is -3.47. The van der Waals surface area contributed by atoms with E-state index in [2.05, 4.69) is 0 Å². The van der Waals surface area contributed by atoms with Crippen LogP contribution in [-0.4, -0.2) is 29.9 Å². The van der Waals surface area contributed by atoms with Gasteiger partial charge in [0, 0.05) is 24.6 Å². The topological polar surface area (TPSA) is 46.6 Å². The first-order valence-corrected chi connectivity index (χ1v) is 9.86. The SMILES string of the molecule is CC(=O)OCCN1Cc2cc(-c3cccc(-c4ccccc4F)c3C)ccc2C1=O. The van der Waals surface area contributed by atoms with E-state index in [1.165, 1.54) is 13.0 Å². The summed E-state index contributed by atoms with van der Waals surface area (Å²) in [5.74, 6) is -0.659. The molecule has 30 heavy (non-hydrogen) atoms. The Kier molecular flexibility index (Phi) is 5.36. The molecule has 5 heteroatoms. The molecule has 0 fully saturated rings. The summed E-state index contributed by atoms with van der Waals surface area (Å²) in [7, 11) is 0. The molecule has 1 amide bonds. The van der Waals surface area contributed by atoms with Gasteiger partial charge in [0.25, 0.3) is 5.91 Å².